The Bertz CT molecular complexity index is 190. The highest BCUT2D eigenvalue weighted by molar-refractivity contribution is 4.76. The van der Waals surface area contributed by atoms with Crippen LogP contribution in [0.15, 0.2) is 0 Å². The fraction of sp³-hybridized carbons (Fsp3) is 1.00. The summed E-state index contributed by atoms with van der Waals surface area (Å²) >= 11 is 0. The summed E-state index contributed by atoms with van der Waals surface area (Å²) in [4.78, 5) is 9.50. The largest absolute Gasteiger partial charge is 0.305 e. The molecule has 0 aliphatic rings. The maximum atomic E-state index is 2.60. The molecular weight excluding hydrogens is 236 g/mol. The third kappa shape index (κ3) is 7.88. The third-order valence-corrected chi connectivity index (χ3v) is 4.21. The second-order valence-corrected chi connectivity index (χ2v) is 6.66. The van der Waals surface area contributed by atoms with Crippen molar-refractivity contribution in [1.29, 1.82) is 0 Å². The normalized spacial score (nSPS) is 17.5. The first kappa shape index (κ1) is 18.8. The van der Waals surface area contributed by atoms with Gasteiger partial charge in [-0.1, -0.05) is 0 Å². The SMILES string of the molecule is CC(CN(CC(C)N(C)C)CC(C)N(C)C)N(C)C. The van der Waals surface area contributed by atoms with Gasteiger partial charge in [-0.25, -0.2) is 0 Å². The molecule has 4 nitrogen and oxygen atoms in total. The van der Waals surface area contributed by atoms with Crippen molar-refractivity contribution in [1.82, 2.24) is 19.6 Å². The van der Waals surface area contributed by atoms with Gasteiger partial charge in [-0.15, -0.1) is 0 Å². The molecule has 0 heterocycles. The topological polar surface area (TPSA) is 13.0 Å². The van der Waals surface area contributed by atoms with Gasteiger partial charge in [0.05, 0.1) is 0 Å². The van der Waals surface area contributed by atoms with E-state index < -0.39 is 0 Å². The van der Waals surface area contributed by atoms with Gasteiger partial charge in [0.15, 0.2) is 0 Å². The molecule has 0 amide bonds. The first-order valence-electron chi connectivity index (χ1n) is 7.36. The molecule has 0 aliphatic carbocycles. The van der Waals surface area contributed by atoms with Crippen molar-refractivity contribution in [3.8, 4) is 0 Å². The van der Waals surface area contributed by atoms with Gasteiger partial charge in [0.1, 0.15) is 0 Å². The van der Waals surface area contributed by atoms with Crippen LogP contribution in [0.1, 0.15) is 20.8 Å². The maximum Gasteiger partial charge on any atom is 0.0188 e. The van der Waals surface area contributed by atoms with E-state index in [4.69, 9.17) is 0 Å². The average Bonchev–Trinajstić information content (AvgIpc) is 2.27. The Balaban J connectivity index is 4.54. The van der Waals surface area contributed by atoms with Gasteiger partial charge in [0.25, 0.3) is 0 Å². The molecule has 0 aromatic heterocycles. The van der Waals surface area contributed by atoms with Crippen molar-refractivity contribution in [2.75, 3.05) is 61.9 Å². The predicted octanol–water partition coefficient (Wildman–Crippen LogP) is 1.14. The predicted molar refractivity (Wildman–Crippen MR) is 85.9 cm³/mol. The summed E-state index contributed by atoms with van der Waals surface area (Å²) in [5.74, 6) is 0. The summed E-state index contributed by atoms with van der Waals surface area (Å²) < 4.78 is 0. The van der Waals surface area contributed by atoms with Gasteiger partial charge in [0, 0.05) is 37.8 Å². The van der Waals surface area contributed by atoms with Gasteiger partial charge < -0.3 is 14.7 Å². The Hall–Kier alpha value is -0.160. The van der Waals surface area contributed by atoms with E-state index in [-0.39, 0.29) is 0 Å². The van der Waals surface area contributed by atoms with E-state index in [1.807, 2.05) is 0 Å². The van der Waals surface area contributed by atoms with Crippen LogP contribution in [-0.4, -0.2) is 99.6 Å². The Labute approximate surface area is 121 Å². The molecule has 3 atom stereocenters. The van der Waals surface area contributed by atoms with Crippen LogP contribution in [0.25, 0.3) is 0 Å². The van der Waals surface area contributed by atoms with Crippen LogP contribution in [0.5, 0.6) is 0 Å². The maximum absolute atomic E-state index is 2.60. The minimum absolute atomic E-state index is 0.587. The fourth-order valence-electron chi connectivity index (χ4n) is 1.83. The Morgan fingerprint density at radius 1 is 0.526 bits per heavy atom. The zero-order valence-electron chi connectivity index (χ0n) is 14.6. The van der Waals surface area contributed by atoms with Crippen LogP contribution in [0.4, 0.5) is 0 Å². The third-order valence-electron chi connectivity index (χ3n) is 4.21. The summed E-state index contributed by atoms with van der Waals surface area (Å²) in [5, 5.41) is 0. The summed E-state index contributed by atoms with van der Waals surface area (Å²) in [6, 6.07) is 1.76. The lowest BCUT2D eigenvalue weighted by Gasteiger charge is -2.35. The van der Waals surface area contributed by atoms with Crippen LogP contribution >= 0.6 is 0 Å². The standard InChI is InChI=1S/C15H36N4/c1-13(16(4)5)10-19(11-14(2)17(6)7)12-15(3)18(8)9/h13-15H,10-12H2,1-9H3. The van der Waals surface area contributed by atoms with Gasteiger partial charge in [-0.3, -0.25) is 4.90 Å². The first-order chi connectivity index (χ1) is 8.65. The van der Waals surface area contributed by atoms with Gasteiger partial charge in [-0.2, -0.15) is 0 Å². The second kappa shape index (κ2) is 8.90. The van der Waals surface area contributed by atoms with Crippen LogP contribution in [0.3, 0.4) is 0 Å². The molecule has 0 saturated heterocycles. The average molecular weight is 272 g/mol. The summed E-state index contributed by atoms with van der Waals surface area (Å²) in [5.41, 5.74) is 0. The van der Waals surface area contributed by atoms with Crippen molar-refractivity contribution in [2.24, 2.45) is 0 Å². The zero-order chi connectivity index (χ0) is 15.2. The number of hydrogen-bond acceptors (Lipinski definition) is 4. The molecule has 0 rings (SSSR count). The van der Waals surface area contributed by atoms with Gasteiger partial charge in [-0.05, 0) is 63.1 Å². The second-order valence-electron chi connectivity index (χ2n) is 6.66. The van der Waals surface area contributed by atoms with E-state index in [2.05, 4.69) is 82.7 Å². The van der Waals surface area contributed by atoms with Crippen LogP contribution in [0.2, 0.25) is 0 Å². The number of nitrogens with zero attached hydrogens (tertiary/aromatic N) is 4. The molecule has 19 heavy (non-hydrogen) atoms. The van der Waals surface area contributed by atoms with Gasteiger partial charge in [0.2, 0.25) is 0 Å². The Morgan fingerprint density at radius 3 is 0.895 bits per heavy atom. The molecule has 3 unspecified atom stereocenters. The highest BCUT2D eigenvalue weighted by atomic mass is 15.2. The minimum Gasteiger partial charge on any atom is -0.305 e. The van der Waals surface area contributed by atoms with Crippen LogP contribution in [-0.2, 0) is 0 Å². The zero-order valence-corrected chi connectivity index (χ0v) is 14.6. The molecule has 116 valence electrons. The quantitative estimate of drug-likeness (QED) is 0.624. The summed E-state index contributed by atoms with van der Waals surface area (Å²) in [6.07, 6.45) is 0. The molecule has 0 fully saturated rings. The molecule has 0 spiro atoms. The Kier molecular flexibility index (Phi) is 8.83. The molecule has 4 heteroatoms. The lowest BCUT2D eigenvalue weighted by atomic mass is 10.2. The van der Waals surface area contributed by atoms with Crippen molar-refractivity contribution >= 4 is 0 Å². The molecule has 0 aromatic carbocycles. The number of hydrogen-bond donors (Lipinski definition) is 0. The van der Waals surface area contributed by atoms with E-state index in [9.17, 15) is 0 Å². The monoisotopic (exact) mass is 272 g/mol. The van der Waals surface area contributed by atoms with Crippen LogP contribution < -0.4 is 0 Å². The van der Waals surface area contributed by atoms with E-state index in [0.717, 1.165) is 19.6 Å². The molecule has 0 radical (unpaired) electrons. The molecule has 0 bridgehead atoms. The van der Waals surface area contributed by atoms with Crippen molar-refractivity contribution < 1.29 is 0 Å². The lowest BCUT2D eigenvalue weighted by molar-refractivity contribution is 0.126. The smallest absolute Gasteiger partial charge is 0.0188 e. The Morgan fingerprint density at radius 2 is 0.737 bits per heavy atom. The lowest BCUT2D eigenvalue weighted by Crippen LogP contribution is -2.48. The van der Waals surface area contributed by atoms with Crippen molar-refractivity contribution in [3.05, 3.63) is 0 Å². The molecule has 0 aromatic rings. The van der Waals surface area contributed by atoms with Gasteiger partial charge >= 0.3 is 0 Å². The molecular formula is C15H36N4. The molecule has 0 aliphatic heterocycles. The van der Waals surface area contributed by atoms with E-state index >= 15 is 0 Å². The fourth-order valence-corrected chi connectivity index (χ4v) is 1.83. The van der Waals surface area contributed by atoms with Crippen molar-refractivity contribution in [3.63, 3.8) is 0 Å². The van der Waals surface area contributed by atoms with Crippen LogP contribution in [0, 0.1) is 0 Å². The summed E-state index contributed by atoms with van der Waals surface area (Å²) in [7, 11) is 13.0. The molecule has 0 saturated carbocycles. The van der Waals surface area contributed by atoms with E-state index in [1.54, 1.807) is 0 Å². The van der Waals surface area contributed by atoms with E-state index in [0.29, 0.717) is 18.1 Å². The number of rotatable bonds is 9. The summed E-state index contributed by atoms with van der Waals surface area (Å²) in [6.45, 7) is 10.3. The molecule has 0 N–H and O–H groups in total. The van der Waals surface area contributed by atoms with E-state index in [1.165, 1.54) is 0 Å². The highest BCUT2D eigenvalue weighted by Gasteiger charge is 2.18. The number of likely N-dealkylation sites (N-methyl/N-ethyl adjacent to an activating group) is 3. The minimum atomic E-state index is 0.587. The van der Waals surface area contributed by atoms with Crippen molar-refractivity contribution in [2.45, 2.75) is 38.9 Å². The highest BCUT2D eigenvalue weighted by Crippen LogP contribution is 2.05. The first-order valence-corrected chi connectivity index (χ1v) is 7.36.